The Morgan fingerprint density at radius 1 is 1.04 bits per heavy atom. The van der Waals surface area contributed by atoms with E-state index in [1.54, 1.807) is 12.1 Å². The molecule has 0 saturated heterocycles. The number of urea groups is 1. The number of aromatic nitrogens is 2. The van der Waals surface area contributed by atoms with Crippen LogP contribution in [-0.2, 0) is 15.8 Å². The van der Waals surface area contributed by atoms with Gasteiger partial charge in [0.1, 0.15) is 23.0 Å². The van der Waals surface area contributed by atoms with Gasteiger partial charge in [0.15, 0.2) is 5.75 Å². The predicted molar refractivity (Wildman–Crippen MR) is 167 cm³/mol. The fraction of sp³-hybridized carbons (Fsp3) is 0.303. The molecule has 2 aliphatic rings. The molecule has 16 heteroatoms. The number of hydrogen-bond donors (Lipinski definition) is 6. The third kappa shape index (κ3) is 6.08. The molecule has 3 atom stereocenters. The number of anilines is 1. The van der Waals surface area contributed by atoms with Crippen molar-refractivity contribution in [2.24, 2.45) is 5.73 Å². The van der Waals surface area contributed by atoms with Crippen LogP contribution in [0.1, 0.15) is 41.9 Å². The van der Waals surface area contributed by atoms with E-state index in [0.717, 1.165) is 18.2 Å². The zero-order chi connectivity index (χ0) is 35.5. The van der Waals surface area contributed by atoms with E-state index in [1.807, 2.05) is 0 Å². The monoisotopic (exact) mass is 682 g/mol. The number of benzene rings is 2. The maximum absolute atomic E-state index is 14.8. The van der Waals surface area contributed by atoms with Crippen LogP contribution in [-0.4, -0.2) is 69.0 Å². The molecule has 1 saturated carbocycles. The van der Waals surface area contributed by atoms with Crippen LogP contribution in [0.15, 0.2) is 60.8 Å². The summed E-state index contributed by atoms with van der Waals surface area (Å²) in [7, 11) is 0. The number of rotatable bonds is 9. The van der Waals surface area contributed by atoms with Crippen molar-refractivity contribution in [3.05, 3.63) is 83.4 Å². The van der Waals surface area contributed by atoms with Crippen molar-refractivity contribution in [2.75, 3.05) is 18.4 Å². The first kappa shape index (κ1) is 33.5. The summed E-state index contributed by atoms with van der Waals surface area (Å²) in [5, 5.41) is 28.7. The molecule has 1 aliphatic heterocycles. The third-order valence-electron chi connectivity index (χ3n) is 8.46. The molecule has 1 aliphatic carbocycles. The Morgan fingerprint density at radius 3 is 2.41 bits per heavy atom. The standard InChI is InChI=1S/C33H30F4N6O6/c1-30(2,47)14-41-29(46)42-21-11-18(10-17-4-3-9-39-24(17)21)27(44)40-15-32(48,33(35,36)37)22-12-20-26(49-23-13-31(20,23)28(38)45)25(43-22)16-5-7-19(34)8-6-16/h3-12,23,47-48H,13-15H2,1-2H3,(H2,38,45)(H,40,44)(H2,41,42,46)/t23?,31-,32?/m1/s1. The molecule has 2 unspecified atom stereocenters. The van der Waals surface area contributed by atoms with E-state index in [2.05, 4.69) is 25.9 Å². The molecule has 4 amide bonds. The summed E-state index contributed by atoms with van der Waals surface area (Å²) < 4.78 is 64.0. The van der Waals surface area contributed by atoms with Gasteiger partial charge >= 0.3 is 12.2 Å². The van der Waals surface area contributed by atoms with Gasteiger partial charge in [0, 0.05) is 41.2 Å². The van der Waals surface area contributed by atoms with Crippen LogP contribution >= 0.6 is 0 Å². The van der Waals surface area contributed by atoms with E-state index in [4.69, 9.17) is 10.5 Å². The highest BCUT2D eigenvalue weighted by atomic mass is 19.4. The van der Waals surface area contributed by atoms with Gasteiger partial charge < -0.3 is 36.6 Å². The van der Waals surface area contributed by atoms with Gasteiger partial charge in [-0.25, -0.2) is 14.2 Å². The van der Waals surface area contributed by atoms with E-state index in [9.17, 15) is 42.2 Å². The SMILES string of the molecule is CC(C)(O)CNC(=O)Nc1cc(C(=O)NCC(O)(c2cc3c(c(-c4ccc(F)cc4)n2)OC2C[C@@]32C(N)=O)C(F)(F)F)cc2cccnc12. The van der Waals surface area contributed by atoms with Crippen LogP contribution < -0.4 is 26.4 Å². The number of halogens is 4. The number of pyridine rings is 2. The molecule has 0 radical (unpaired) electrons. The lowest BCUT2D eigenvalue weighted by Gasteiger charge is -2.31. The van der Waals surface area contributed by atoms with Gasteiger partial charge in [-0.05, 0) is 62.4 Å². The van der Waals surface area contributed by atoms with Crippen molar-refractivity contribution in [2.45, 2.75) is 49.2 Å². The molecule has 0 spiro atoms. The Bertz CT molecular complexity index is 2000. The number of nitrogens with zero attached hydrogens (tertiary/aromatic N) is 2. The van der Waals surface area contributed by atoms with Gasteiger partial charge in [-0.3, -0.25) is 14.6 Å². The summed E-state index contributed by atoms with van der Waals surface area (Å²) in [6.07, 6.45) is -4.63. The Balaban J connectivity index is 1.35. The highest BCUT2D eigenvalue weighted by molar-refractivity contribution is 6.05. The Kier molecular flexibility index (Phi) is 7.98. The van der Waals surface area contributed by atoms with Crippen molar-refractivity contribution in [3.8, 4) is 17.0 Å². The maximum Gasteiger partial charge on any atom is 0.424 e. The lowest BCUT2D eigenvalue weighted by atomic mass is 9.89. The molecular formula is C33H30F4N6O6. The first-order valence-corrected chi connectivity index (χ1v) is 14.9. The first-order chi connectivity index (χ1) is 22.9. The summed E-state index contributed by atoms with van der Waals surface area (Å²) in [6.45, 7) is 1.42. The molecule has 3 heterocycles. The zero-order valence-electron chi connectivity index (χ0n) is 26.0. The number of fused-ring (bicyclic) bond motifs is 4. The third-order valence-corrected chi connectivity index (χ3v) is 8.46. The largest absolute Gasteiger partial charge is 0.486 e. The molecule has 49 heavy (non-hydrogen) atoms. The molecule has 6 rings (SSSR count). The second-order valence-electron chi connectivity index (χ2n) is 12.6. The smallest absolute Gasteiger partial charge is 0.424 e. The summed E-state index contributed by atoms with van der Waals surface area (Å²) in [4.78, 5) is 46.7. The van der Waals surface area contributed by atoms with E-state index < -0.39 is 64.8 Å². The zero-order valence-corrected chi connectivity index (χ0v) is 26.0. The average Bonchev–Trinajstić information content (AvgIpc) is 3.68. The van der Waals surface area contributed by atoms with Crippen LogP contribution in [0.5, 0.6) is 5.75 Å². The minimum absolute atomic E-state index is 0.0102. The van der Waals surface area contributed by atoms with Crippen molar-refractivity contribution >= 4 is 34.4 Å². The van der Waals surface area contributed by atoms with E-state index in [-0.39, 0.29) is 52.3 Å². The molecule has 1 fully saturated rings. The van der Waals surface area contributed by atoms with Gasteiger partial charge in [0.05, 0.1) is 29.0 Å². The molecule has 2 aromatic carbocycles. The van der Waals surface area contributed by atoms with Crippen molar-refractivity contribution in [1.29, 1.82) is 0 Å². The molecular weight excluding hydrogens is 652 g/mol. The predicted octanol–water partition coefficient (Wildman–Crippen LogP) is 3.40. The minimum atomic E-state index is -5.41. The van der Waals surface area contributed by atoms with Gasteiger partial charge in [-0.15, -0.1) is 0 Å². The van der Waals surface area contributed by atoms with E-state index in [0.29, 0.717) is 5.39 Å². The molecule has 4 aromatic rings. The molecule has 0 bridgehead atoms. The van der Waals surface area contributed by atoms with Crippen molar-refractivity contribution in [1.82, 2.24) is 20.6 Å². The number of ether oxygens (including phenoxy) is 1. The Hall–Kier alpha value is -5.35. The number of aliphatic hydroxyl groups is 2. The Morgan fingerprint density at radius 2 is 1.76 bits per heavy atom. The summed E-state index contributed by atoms with van der Waals surface area (Å²) in [5.74, 6) is -2.53. The lowest BCUT2D eigenvalue weighted by Crippen LogP contribution is -2.51. The van der Waals surface area contributed by atoms with Crippen LogP contribution in [0.2, 0.25) is 0 Å². The van der Waals surface area contributed by atoms with Gasteiger partial charge in [-0.1, -0.05) is 6.07 Å². The van der Waals surface area contributed by atoms with Crippen molar-refractivity contribution < 1.29 is 46.9 Å². The quantitative estimate of drug-likeness (QED) is 0.145. The second kappa shape index (κ2) is 11.7. The maximum atomic E-state index is 14.8. The number of primary amides is 1. The van der Waals surface area contributed by atoms with Gasteiger partial charge in [0.25, 0.3) is 5.91 Å². The number of amides is 4. The number of carbonyl (C=O) groups is 3. The number of alkyl halides is 3. The van der Waals surface area contributed by atoms with Gasteiger partial charge in [0.2, 0.25) is 11.5 Å². The molecule has 12 nitrogen and oxygen atoms in total. The lowest BCUT2D eigenvalue weighted by molar-refractivity contribution is -0.265. The van der Waals surface area contributed by atoms with E-state index in [1.165, 1.54) is 44.3 Å². The normalized spacial score (nSPS) is 19.2. The van der Waals surface area contributed by atoms with Gasteiger partial charge in [-0.2, -0.15) is 13.2 Å². The number of nitrogens with one attached hydrogen (secondary N) is 3. The second-order valence-corrected chi connectivity index (χ2v) is 12.6. The number of nitrogens with two attached hydrogens (primary N) is 1. The average molecular weight is 683 g/mol. The summed E-state index contributed by atoms with van der Waals surface area (Å²) in [5.41, 5.74) is -1.70. The van der Waals surface area contributed by atoms with Crippen molar-refractivity contribution in [3.63, 3.8) is 0 Å². The summed E-state index contributed by atoms with van der Waals surface area (Å²) >= 11 is 0. The van der Waals surface area contributed by atoms with Crippen LogP contribution in [0.3, 0.4) is 0 Å². The minimum Gasteiger partial charge on any atom is -0.486 e. The fourth-order valence-electron chi connectivity index (χ4n) is 5.72. The summed E-state index contributed by atoms with van der Waals surface area (Å²) in [6, 6.07) is 10.4. The number of carbonyl (C=O) groups excluding carboxylic acids is 3. The molecule has 2 aromatic heterocycles. The highest BCUT2D eigenvalue weighted by Crippen LogP contribution is 2.61. The Labute approximate surface area is 275 Å². The first-order valence-electron chi connectivity index (χ1n) is 14.9. The molecule has 256 valence electrons. The van der Waals surface area contributed by atoms with E-state index >= 15 is 0 Å². The van der Waals surface area contributed by atoms with Crippen LogP contribution in [0.25, 0.3) is 22.2 Å². The van der Waals surface area contributed by atoms with Crippen LogP contribution in [0, 0.1) is 5.82 Å². The highest BCUT2D eigenvalue weighted by Gasteiger charge is 2.69. The molecule has 7 N–H and O–H groups in total. The van der Waals surface area contributed by atoms with Crippen LogP contribution in [0.4, 0.5) is 28.0 Å². The topological polar surface area (TPSA) is 189 Å². The fourth-order valence-corrected chi connectivity index (χ4v) is 5.72. The number of hydrogen-bond acceptors (Lipinski definition) is 8.